The third kappa shape index (κ3) is 6.44. The van der Waals surface area contributed by atoms with Gasteiger partial charge in [-0.1, -0.05) is 6.92 Å². The van der Waals surface area contributed by atoms with Crippen LogP contribution in [0.5, 0.6) is 0 Å². The van der Waals surface area contributed by atoms with Gasteiger partial charge in [-0.3, -0.25) is 4.99 Å². The fourth-order valence-corrected chi connectivity index (χ4v) is 2.55. The van der Waals surface area contributed by atoms with E-state index in [0.29, 0.717) is 0 Å². The van der Waals surface area contributed by atoms with Crippen LogP contribution in [0.3, 0.4) is 0 Å². The molecule has 0 radical (unpaired) electrons. The van der Waals surface area contributed by atoms with Gasteiger partial charge in [0.25, 0.3) is 0 Å². The average molecular weight is 294 g/mol. The van der Waals surface area contributed by atoms with Crippen LogP contribution in [-0.4, -0.2) is 31.7 Å². The highest BCUT2D eigenvalue weighted by Crippen LogP contribution is 2.30. The number of ether oxygens (including phenoxy) is 1. The molecule has 1 aromatic carbocycles. The molecule has 0 saturated carbocycles. The van der Waals surface area contributed by atoms with E-state index >= 15 is 0 Å². The number of hydrogen-bond acceptors (Lipinski definition) is 4. The Labute approximate surface area is 127 Å². The molecule has 0 spiro atoms. The van der Waals surface area contributed by atoms with E-state index < -0.39 is 0 Å². The number of anilines is 1. The molecule has 0 fully saturated rings. The number of benzene rings is 1. The maximum absolute atomic E-state index is 5.34. The Morgan fingerprint density at radius 1 is 1.30 bits per heavy atom. The van der Waals surface area contributed by atoms with Crippen LogP contribution in [0.25, 0.3) is 0 Å². The van der Waals surface area contributed by atoms with Gasteiger partial charge in [0, 0.05) is 30.9 Å². The van der Waals surface area contributed by atoms with Gasteiger partial charge in [-0.15, -0.1) is 11.8 Å². The third-order valence-electron chi connectivity index (χ3n) is 2.78. The predicted molar refractivity (Wildman–Crippen MR) is 90.9 cm³/mol. The van der Waals surface area contributed by atoms with Gasteiger partial charge in [0.1, 0.15) is 0 Å². The smallest absolute Gasteiger partial charge is 0.0868 e. The van der Waals surface area contributed by atoms with Crippen LogP contribution in [0.1, 0.15) is 33.6 Å². The molecule has 20 heavy (non-hydrogen) atoms. The van der Waals surface area contributed by atoms with Crippen molar-refractivity contribution in [3.8, 4) is 0 Å². The van der Waals surface area contributed by atoms with Crippen molar-refractivity contribution in [3.05, 3.63) is 18.2 Å². The summed E-state index contributed by atoms with van der Waals surface area (Å²) in [5.74, 6) is 1.08. The molecule has 3 nitrogen and oxygen atoms in total. The van der Waals surface area contributed by atoms with E-state index in [9.17, 15) is 0 Å². The van der Waals surface area contributed by atoms with Gasteiger partial charge in [0.15, 0.2) is 0 Å². The summed E-state index contributed by atoms with van der Waals surface area (Å²) >= 11 is 1.84. The number of nitrogens with zero attached hydrogens (tertiary/aromatic N) is 1. The van der Waals surface area contributed by atoms with Crippen molar-refractivity contribution in [1.82, 2.24) is 0 Å². The number of aliphatic imine (C=N–C) groups is 1. The summed E-state index contributed by atoms with van der Waals surface area (Å²) in [5.41, 5.74) is 2.13. The minimum atomic E-state index is 0.805. The fraction of sp³-hybridized carbons (Fsp3) is 0.562. The van der Waals surface area contributed by atoms with Crippen molar-refractivity contribution in [3.63, 3.8) is 0 Å². The second kappa shape index (κ2) is 10.7. The van der Waals surface area contributed by atoms with E-state index in [0.717, 1.165) is 49.7 Å². The van der Waals surface area contributed by atoms with E-state index in [1.165, 1.54) is 4.90 Å². The lowest BCUT2D eigenvalue weighted by Crippen LogP contribution is -2.04. The van der Waals surface area contributed by atoms with Gasteiger partial charge in [0.2, 0.25) is 0 Å². The molecule has 1 aromatic rings. The van der Waals surface area contributed by atoms with E-state index in [1.807, 2.05) is 31.8 Å². The first-order valence-electron chi connectivity index (χ1n) is 7.39. The highest BCUT2D eigenvalue weighted by Gasteiger charge is 2.02. The first kappa shape index (κ1) is 17.1. The van der Waals surface area contributed by atoms with Crippen molar-refractivity contribution in [2.75, 3.05) is 30.8 Å². The Balaban J connectivity index is 2.51. The molecule has 0 aliphatic carbocycles. The highest BCUT2D eigenvalue weighted by molar-refractivity contribution is 7.99. The zero-order valence-electron chi connectivity index (χ0n) is 12.8. The third-order valence-corrected chi connectivity index (χ3v) is 3.66. The summed E-state index contributed by atoms with van der Waals surface area (Å²) in [6, 6.07) is 6.44. The fourth-order valence-electron chi connectivity index (χ4n) is 1.86. The van der Waals surface area contributed by atoms with Crippen LogP contribution in [0, 0.1) is 0 Å². The Hall–Kier alpha value is -1.00. The largest absolute Gasteiger partial charge is 0.383 e. The monoisotopic (exact) mass is 294 g/mol. The molecule has 0 bridgehead atoms. The first-order valence-corrected chi connectivity index (χ1v) is 8.37. The molecule has 0 aromatic heterocycles. The molecule has 4 heteroatoms. The zero-order valence-corrected chi connectivity index (χ0v) is 13.6. The van der Waals surface area contributed by atoms with E-state index in [4.69, 9.17) is 4.74 Å². The molecule has 0 aliphatic rings. The second-order valence-electron chi connectivity index (χ2n) is 4.33. The molecule has 0 atom stereocenters. The number of hydrogen-bond donors (Lipinski definition) is 1. The van der Waals surface area contributed by atoms with Crippen molar-refractivity contribution in [2.24, 2.45) is 4.99 Å². The molecular formula is C16H26N2OS. The first-order chi connectivity index (χ1) is 9.81. The molecule has 0 unspecified atom stereocenters. The maximum Gasteiger partial charge on any atom is 0.0868 e. The van der Waals surface area contributed by atoms with Crippen LogP contribution in [0.4, 0.5) is 11.4 Å². The number of unbranched alkanes of at least 4 members (excludes halogenated alkanes) is 1. The molecule has 1 rings (SSSR count). The zero-order chi connectivity index (χ0) is 14.6. The molecule has 0 heterocycles. The average Bonchev–Trinajstić information content (AvgIpc) is 2.45. The van der Waals surface area contributed by atoms with Crippen molar-refractivity contribution >= 4 is 29.4 Å². The van der Waals surface area contributed by atoms with Crippen LogP contribution in [0.15, 0.2) is 28.1 Å². The lowest BCUT2D eigenvalue weighted by molar-refractivity contribution is 0.144. The van der Waals surface area contributed by atoms with Crippen LogP contribution >= 0.6 is 11.8 Å². The Morgan fingerprint density at radius 3 is 2.85 bits per heavy atom. The Bertz CT molecular complexity index is 407. The van der Waals surface area contributed by atoms with Crippen molar-refractivity contribution < 1.29 is 4.74 Å². The lowest BCUT2D eigenvalue weighted by atomic mass is 10.2. The summed E-state index contributed by atoms with van der Waals surface area (Å²) in [4.78, 5) is 5.73. The van der Waals surface area contributed by atoms with Gasteiger partial charge in [-0.25, -0.2) is 0 Å². The molecule has 0 saturated heterocycles. The normalized spacial score (nSPS) is 11.2. The van der Waals surface area contributed by atoms with Gasteiger partial charge in [-0.05, 0) is 50.6 Å². The van der Waals surface area contributed by atoms with Crippen molar-refractivity contribution in [2.45, 2.75) is 38.5 Å². The molecular weight excluding hydrogens is 268 g/mol. The van der Waals surface area contributed by atoms with Gasteiger partial charge < -0.3 is 10.1 Å². The predicted octanol–water partition coefficient (Wildman–Crippen LogP) is 4.75. The van der Waals surface area contributed by atoms with Crippen LogP contribution in [-0.2, 0) is 4.74 Å². The van der Waals surface area contributed by atoms with E-state index in [2.05, 4.69) is 35.4 Å². The molecule has 1 N–H and O–H groups in total. The Morgan fingerprint density at radius 2 is 2.15 bits per heavy atom. The summed E-state index contributed by atoms with van der Waals surface area (Å²) in [6.45, 7) is 8.76. The maximum atomic E-state index is 5.34. The summed E-state index contributed by atoms with van der Waals surface area (Å²) in [6.07, 6.45) is 4.05. The lowest BCUT2D eigenvalue weighted by Gasteiger charge is -2.11. The summed E-state index contributed by atoms with van der Waals surface area (Å²) < 4.78 is 5.34. The topological polar surface area (TPSA) is 33.6 Å². The van der Waals surface area contributed by atoms with Crippen molar-refractivity contribution in [1.29, 1.82) is 0 Å². The number of thioether (sulfide) groups is 1. The summed E-state index contributed by atoms with van der Waals surface area (Å²) in [5, 5.41) is 3.47. The highest BCUT2D eigenvalue weighted by atomic mass is 32.2. The standard InChI is InChI=1S/C16H26N2OS/c1-4-17-16-13-14(20-6-3)9-10-15(16)18-11-7-8-12-19-5-2/h4,9-10,13,18H,5-8,11-12H2,1-3H3. The SMILES string of the molecule is CC=Nc1cc(SCC)ccc1NCCCCOCC. The minimum Gasteiger partial charge on any atom is -0.383 e. The minimum absolute atomic E-state index is 0.805. The molecule has 0 aliphatic heterocycles. The van der Waals surface area contributed by atoms with Crippen LogP contribution in [0.2, 0.25) is 0 Å². The molecule has 0 amide bonds. The number of nitrogens with one attached hydrogen (secondary N) is 1. The molecule has 112 valence electrons. The van der Waals surface area contributed by atoms with E-state index in [1.54, 1.807) is 0 Å². The quantitative estimate of drug-likeness (QED) is 0.384. The number of rotatable bonds is 10. The summed E-state index contributed by atoms with van der Waals surface area (Å²) in [7, 11) is 0. The van der Waals surface area contributed by atoms with Gasteiger partial charge in [0.05, 0.1) is 11.4 Å². The van der Waals surface area contributed by atoms with Crippen LogP contribution < -0.4 is 5.32 Å². The Kier molecular flexibility index (Phi) is 9.16. The second-order valence-corrected chi connectivity index (χ2v) is 5.67. The van der Waals surface area contributed by atoms with Gasteiger partial charge in [-0.2, -0.15) is 0 Å². The van der Waals surface area contributed by atoms with Gasteiger partial charge >= 0.3 is 0 Å². The van der Waals surface area contributed by atoms with E-state index in [-0.39, 0.29) is 0 Å².